The Labute approximate surface area is 107 Å². The van der Waals surface area contributed by atoms with Crippen molar-refractivity contribution in [1.29, 1.82) is 0 Å². The van der Waals surface area contributed by atoms with E-state index in [1.54, 1.807) is 0 Å². The molecule has 0 aromatic heterocycles. The van der Waals surface area contributed by atoms with E-state index in [1.807, 2.05) is 6.07 Å². The van der Waals surface area contributed by atoms with Crippen molar-refractivity contribution in [1.82, 2.24) is 0 Å². The van der Waals surface area contributed by atoms with Gasteiger partial charge in [-0.15, -0.1) is 0 Å². The zero-order chi connectivity index (χ0) is 13.0. The van der Waals surface area contributed by atoms with Gasteiger partial charge in [0.1, 0.15) is 6.61 Å². The Kier molecular flexibility index (Phi) is 4.33. The number of hydrogen-bond donors (Lipinski definition) is 2. The first-order chi connectivity index (χ1) is 8.66. The second kappa shape index (κ2) is 5.98. The van der Waals surface area contributed by atoms with Gasteiger partial charge in [-0.05, 0) is 42.4 Å². The van der Waals surface area contributed by atoms with Crippen molar-refractivity contribution in [3.63, 3.8) is 0 Å². The summed E-state index contributed by atoms with van der Waals surface area (Å²) >= 11 is 0. The summed E-state index contributed by atoms with van der Waals surface area (Å²) in [6.07, 6.45) is 4.77. The lowest BCUT2D eigenvalue weighted by atomic mass is 9.89. The fourth-order valence-electron chi connectivity index (χ4n) is 2.35. The molecule has 1 aliphatic carbocycles. The number of hydrogen-bond acceptors (Lipinski definition) is 3. The van der Waals surface area contributed by atoms with Crippen molar-refractivity contribution in [3.8, 4) is 0 Å². The minimum Gasteiger partial charge on any atom is -0.480 e. The molecule has 4 nitrogen and oxygen atoms in total. The van der Waals surface area contributed by atoms with E-state index in [9.17, 15) is 4.79 Å². The Morgan fingerprint density at radius 1 is 1.33 bits per heavy atom. The van der Waals surface area contributed by atoms with Gasteiger partial charge in [-0.3, -0.25) is 0 Å². The molecule has 1 aliphatic rings. The molecule has 0 bridgehead atoms. The minimum absolute atomic E-state index is 0.241. The fourth-order valence-corrected chi connectivity index (χ4v) is 2.35. The van der Waals surface area contributed by atoms with Crippen molar-refractivity contribution in [2.24, 2.45) is 5.73 Å². The van der Waals surface area contributed by atoms with E-state index in [4.69, 9.17) is 15.6 Å². The maximum Gasteiger partial charge on any atom is 0.329 e. The van der Waals surface area contributed by atoms with Crippen LogP contribution in [0, 0.1) is 0 Å². The third kappa shape index (κ3) is 3.31. The highest BCUT2D eigenvalue weighted by molar-refractivity contribution is 5.67. The normalized spacial score (nSPS) is 16.1. The molecule has 0 heterocycles. The zero-order valence-corrected chi connectivity index (χ0v) is 10.4. The summed E-state index contributed by atoms with van der Waals surface area (Å²) in [5.74, 6) is -0.965. The Balaban J connectivity index is 1.97. The highest BCUT2D eigenvalue weighted by atomic mass is 16.5. The highest BCUT2D eigenvalue weighted by Crippen LogP contribution is 2.24. The van der Waals surface area contributed by atoms with Gasteiger partial charge in [0.2, 0.25) is 0 Å². The van der Waals surface area contributed by atoms with E-state index < -0.39 is 5.97 Å². The lowest BCUT2D eigenvalue weighted by molar-refractivity contribution is -0.142. The van der Waals surface area contributed by atoms with Gasteiger partial charge >= 0.3 is 5.97 Å². The summed E-state index contributed by atoms with van der Waals surface area (Å²) in [7, 11) is 0. The molecule has 2 rings (SSSR count). The van der Waals surface area contributed by atoms with Crippen LogP contribution in [0.5, 0.6) is 0 Å². The van der Waals surface area contributed by atoms with Crippen LogP contribution in [-0.2, 0) is 22.4 Å². The van der Waals surface area contributed by atoms with Crippen molar-refractivity contribution >= 4 is 5.97 Å². The quantitative estimate of drug-likeness (QED) is 0.832. The van der Waals surface area contributed by atoms with Gasteiger partial charge in [0.25, 0.3) is 0 Å². The molecule has 1 aromatic rings. The Hall–Kier alpha value is -1.39. The van der Waals surface area contributed by atoms with Crippen LogP contribution in [0.3, 0.4) is 0 Å². The molecule has 0 saturated carbocycles. The fraction of sp³-hybridized carbons (Fsp3) is 0.500. The van der Waals surface area contributed by atoms with Gasteiger partial charge in [-0.1, -0.05) is 18.2 Å². The molecule has 0 radical (unpaired) electrons. The number of carboxylic acid groups (broad SMARTS) is 1. The number of carboxylic acids is 1. The summed E-state index contributed by atoms with van der Waals surface area (Å²) < 4.78 is 5.03. The van der Waals surface area contributed by atoms with E-state index in [0.717, 1.165) is 18.4 Å². The van der Waals surface area contributed by atoms with Gasteiger partial charge in [0.05, 0.1) is 12.6 Å². The Morgan fingerprint density at radius 2 is 2.06 bits per heavy atom. The molecule has 0 saturated heterocycles. The molecule has 4 heteroatoms. The molecule has 1 unspecified atom stereocenters. The van der Waals surface area contributed by atoms with Crippen LogP contribution in [0.2, 0.25) is 0 Å². The average Bonchev–Trinajstić information content (AvgIpc) is 2.37. The molecule has 3 N–H and O–H groups in total. The van der Waals surface area contributed by atoms with Crippen molar-refractivity contribution in [3.05, 3.63) is 34.9 Å². The molecular weight excluding hydrogens is 230 g/mol. The van der Waals surface area contributed by atoms with Crippen LogP contribution < -0.4 is 5.73 Å². The minimum atomic E-state index is -0.965. The standard InChI is InChI=1S/C14H19NO3/c15-13(8-18-9-14(16)17)12-6-5-10-3-1-2-4-11(10)7-12/h5-7,13H,1-4,8-9,15H2,(H,16,17). The van der Waals surface area contributed by atoms with Crippen LogP contribution in [0.25, 0.3) is 0 Å². The molecule has 18 heavy (non-hydrogen) atoms. The SMILES string of the molecule is NC(COCC(=O)O)c1ccc2c(c1)CCCC2. The molecule has 0 fully saturated rings. The Morgan fingerprint density at radius 3 is 2.78 bits per heavy atom. The highest BCUT2D eigenvalue weighted by Gasteiger charge is 2.13. The number of aryl methyl sites for hydroxylation is 2. The van der Waals surface area contributed by atoms with Gasteiger partial charge in [-0.25, -0.2) is 4.79 Å². The number of ether oxygens (including phenoxy) is 1. The smallest absolute Gasteiger partial charge is 0.329 e. The van der Waals surface area contributed by atoms with E-state index in [-0.39, 0.29) is 19.3 Å². The van der Waals surface area contributed by atoms with E-state index >= 15 is 0 Å². The Bertz CT molecular complexity index is 431. The van der Waals surface area contributed by atoms with Crippen molar-refractivity contribution in [2.75, 3.05) is 13.2 Å². The molecule has 0 spiro atoms. The number of aliphatic carboxylic acids is 1. The zero-order valence-electron chi connectivity index (χ0n) is 10.4. The lowest BCUT2D eigenvalue weighted by Crippen LogP contribution is -2.20. The molecule has 0 amide bonds. The molecule has 1 atom stereocenters. The topological polar surface area (TPSA) is 72.5 Å². The third-order valence-electron chi connectivity index (χ3n) is 3.32. The van der Waals surface area contributed by atoms with Gasteiger partial charge < -0.3 is 15.6 Å². The van der Waals surface area contributed by atoms with E-state index in [0.29, 0.717) is 0 Å². The average molecular weight is 249 g/mol. The van der Waals surface area contributed by atoms with Gasteiger partial charge in [0, 0.05) is 0 Å². The summed E-state index contributed by atoms with van der Waals surface area (Å²) in [4.78, 5) is 10.3. The molecule has 0 aliphatic heterocycles. The molecule has 98 valence electrons. The first kappa shape index (κ1) is 13.1. The first-order valence-electron chi connectivity index (χ1n) is 6.33. The maximum absolute atomic E-state index is 10.3. The van der Waals surface area contributed by atoms with Crippen LogP contribution in [-0.4, -0.2) is 24.3 Å². The predicted molar refractivity (Wildman–Crippen MR) is 68.5 cm³/mol. The number of rotatable bonds is 5. The van der Waals surface area contributed by atoms with Crippen LogP contribution >= 0.6 is 0 Å². The number of fused-ring (bicyclic) bond motifs is 1. The van der Waals surface area contributed by atoms with Crippen molar-refractivity contribution in [2.45, 2.75) is 31.7 Å². The number of nitrogens with two attached hydrogens (primary N) is 1. The van der Waals surface area contributed by atoms with Crippen molar-refractivity contribution < 1.29 is 14.6 Å². The summed E-state index contributed by atoms with van der Waals surface area (Å²) in [6, 6.07) is 6.06. The summed E-state index contributed by atoms with van der Waals surface area (Å²) in [5, 5.41) is 8.49. The van der Waals surface area contributed by atoms with Gasteiger partial charge in [-0.2, -0.15) is 0 Å². The second-order valence-electron chi connectivity index (χ2n) is 4.75. The summed E-state index contributed by atoms with van der Waals surface area (Å²) in [5.41, 5.74) is 9.83. The predicted octanol–water partition coefficient (Wildman–Crippen LogP) is 1.67. The first-order valence-corrected chi connectivity index (χ1v) is 6.33. The second-order valence-corrected chi connectivity index (χ2v) is 4.75. The van der Waals surface area contributed by atoms with Gasteiger partial charge in [0.15, 0.2) is 0 Å². The molecular formula is C14H19NO3. The van der Waals surface area contributed by atoms with Crippen LogP contribution in [0.1, 0.15) is 35.6 Å². The third-order valence-corrected chi connectivity index (χ3v) is 3.32. The van der Waals surface area contributed by atoms with Crippen LogP contribution in [0.4, 0.5) is 0 Å². The number of carbonyl (C=O) groups is 1. The van der Waals surface area contributed by atoms with E-state index in [2.05, 4.69) is 12.1 Å². The monoisotopic (exact) mass is 249 g/mol. The summed E-state index contributed by atoms with van der Waals surface area (Å²) in [6.45, 7) is -0.0519. The lowest BCUT2D eigenvalue weighted by Gasteiger charge is -2.19. The van der Waals surface area contributed by atoms with E-state index in [1.165, 1.54) is 24.0 Å². The molecule has 1 aromatic carbocycles. The number of benzene rings is 1. The largest absolute Gasteiger partial charge is 0.480 e. The van der Waals surface area contributed by atoms with Crippen LogP contribution in [0.15, 0.2) is 18.2 Å². The maximum atomic E-state index is 10.3.